The quantitative estimate of drug-likeness (QED) is 0.499. The molecule has 3 heterocycles. The van der Waals surface area contributed by atoms with E-state index >= 15 is 0 Å². The van der Waals surface area contributed by atoms with Crippen molar-refractivity contribution >= 4 is 22.8 Å². The van der Waals surface area contributed by atoms with Gasteiger partial charge in [-0.1, -0.05) is 19.6 Å². The summed E-state index contributed by atoms with van der Waals surface area (Å²) >= 11 is 0. The maximum Gasteiger partial charge on any atom is 0.255 e. The SMILES string of the molecule is C=C/C=C(\CC)NCn1cc(C(=O)NCc2c(C)cc(N)nc2C)c2ncccc21. The highest BCUT2D eigenvalue weighted by Crippen LogP contribution is 2.20. The lowest BCUT2D eigenvalue weighted by molar-refractivity contribution is 0.0952. The Kier molecular flexibility index (Phi) is 6.51. The maximum absolute atomic E-state index is 13.0. The van der Waals surface area contributed by atoms with Crippen LogP contribution in [0.1, 0.15) is 40.5 Å². The molecule has 0 aliphatic heterocycles. The number of nitrogen functional groups attached to an aromatic ring is 1. The summed E-state index contributed by atoms with van der Waals surface area (Å²) in [4.78, 5) is 21.7. The van der Waals surface area contributed by atoms with Crippen LogP contribution in [0.15, 0.2) is 55.0 Å². The topological polar surface area (TPSA) is 97.9 Å². The summed E-state index contributed by atoms with van der Waals surface area (Å²) in [7, 11) is 0. The molecular weight excluding hydrogens is 376 g/mol. The predicted octanol–water partition coefficient (Wildman–Crippen LogP) is 3.59. The molecular formula is C23H28N6O. The predicted molar refractivity (Wildman–Crippen MR) is 121 cm³/mol. The highest BCUT2D eigenvalue weighted by Gasteiger charge is 2.17. The van der Waals surface area contributed by atoms with E-state index in [2.05, 4.69) is 34.1 Å². The van der Waals surface area contributed by atoms with E-state index < -0.39 is 0 Å². The zero-order chi connectivity index (χ0) is 21.7. The van der Waals surface area contributed by atoms with Crippen LogP contribution < -0.4 is 16.4 Å². The zero-order valence-electron chi connectivity index (χ0n) is 17.7. The molecule has 0 unspecified atom stereocenters. The molecule has 3 rings (SSSR count). The lowest BCUT2D eigenvalue weighted by Gasteiger charge is -2.11. The molecule has 4 N–H and O–H groups in total. The van der Waals surface area contributed by atoms with Crippen molar-refractivity contribution < 1.29 is 4.79 Å². The summed E-state index contributed by atoms with van der Waals surface area (Å²) < 4.78 is 1.99. The van der Waals surface area contributed by atoms with Gasteiger partial charge in [0.25, 0.3) is 5.91 Å². The average Bonchev–Trinajstić information content (AvgIpc) is 3.09. The number of carbonyl (C=O) groups excluding carboxylic acids is 1. The van der Waals surface area contributed by atoms with E-state index in [1.54, 1.807) is 12.3 Å². The van der Waals surface area contributed by atoms with Crippen LogP contribution >= 0.6 is 0 Å². The molecule has 7 nitrogen and oxygen atoms in total. The minimum atomic E-state index is -0.176. The fourth-order valence-corrected chi connectivity index (χ4v) is 3.47. The third-order valence-electron chi connectivity index (χ3n) is 5.06. The van der Waals surface area contributed by atoms with E-state index in [4.69, 9.17) is 5.73 Å². The number of allylic oxidation sites excluding steroid dienone is 3. The Morgan fingerprint density at radius 3 is 2.83 bits per heavy atom. The highest BCUT2D eigenvalue weighted by atomic mass is 16.1. The second-order valence-electron chi connectivity index (χ2n) is 7.11. The van der Waals surface area contributed by atoms with Gasteiger partial charge in [0.2, 0.25) is 0 Å². The maximum atomic E-state index is 13.0. The van der Waals surface area contributed by atoms with E-state index in [0.717, 1.165) is 34.5 Å². The number of fused-ring (bicyclic) bond motifs is 1. The van der Waals surface area contributed by atoms with Gasteiger partial charge in [-0.25, -0.2) is 4.98 Å². The molecule has 0 atom stereocenters. The Bertz CT molecular complexity index is 1090. The van der Waals surface area contributed by atoms with Crippen molar-refractivity contribution in [2.45, 2.75) is 40.4 Å². The Labute approximate surface area is 176 Å². The van der Waals surface area contributed by atoms with Gasteiger partial charge in [-0.3, -0.25) is 9.78 Å². The lowest BCUT2D eigenvalue weighted by Crippen LogP contribution is -2.24. The van der Waals surface area contributed by atoms with Crippen LogP contribution in [0.5, 0.6) is 0 Å². The van der Waals surface area contributed by atoms with Crippen molar-refractivity contribution in [1.82, 2.24) is 25.2 Å². The standard InChI is InChI=1S/C23H28N6O/c1-5-8-17(6-2)27-14-29-13-19(22-20(29)9-7-10-25-22)23(30)26-12-18-15(3)11-21(24)28-16(18)4/h5,7-11,13,27H,1,6,12,14H2,2-4H3,(H2,24,28)(H,26,30)/b17-8+. The smallest absolute Gasteiger partial charge is 0.255 e. The molecule has 7 heteroatoms. The van der Waals surface area contributed by atoms with Crippen molar-refractivity contribution in [1.29, 1.82) is 0 Å². The number of aryl methyl sites for hydroxylation is 2. The van der Waals surface area contributed by atoms with Gasteiger partial charge >= 0.3 is 0 Å². The number of pyridine rings is 2. The molecule has 0 radical (unpaired) electrons. The van der Waals surface area contributed by atoms with Gasteiger partial charge in [0.1, 0.15) is 11.3 Å². The second kappa shape index (κ2) is 9.26. The largest absolute Gasteiger partial charge is 0.384 e. The minimum Gasteiger partial charge on any atom is -0.384 e. The molecule has 0 aromatic carbocycles. The van der Waals surface area contributed by atoms with Gasteiger partial charge in [-0.05, 0) is 55.7 Å². The normalized spacial score (nSPS) is 11.5. The second-order valence-corrected chi connectivity index (χ2v) is 7.11. The van der Waals surface area contributed by atoms with Crippen LogP contribution in [0.2, 0.25) is 0 Å². The van der Waals surface area contributed by atoms with Crippen LogP contribution in [-0.4, -0.2) is 20.4 Å². The number of anilines is 1. The van der Waals surface area contributed by atoms with Gasteiger partial charge in [0.15, 0.2) is 0 Å². The number of carbonyl (C=O) groups is 1. The summed E-state index contributed by atoms with van der Waals surface area (Å²) in [5.41, 5.74) is 11.8. The van der Waals surface area contributed by atoms with Gasteiger partial charge in [0, 0.05) is 30.3 Å². The monoisotopic (exact) mass is 404 g/mol. The molecule has 3 aromatic heterocycles. The first-order valence-electron chi connectivity index (χ1n) is 9.94. The molecule has 30 heavy (non-hydrogen) atoms. The summed E-state index contributed by atoms with van der Waals surface area (Å²) in [6.45, 7) is 10.6. The fourth-order valence-electron chi connectivity index (χ4n) is 3.47. The number of nitrogens with one attached hydrogen (secondary N) is 2. The summed E-state index contributed by atoms with van der Waals surface area (Å²) in [6, 6.07) is 5.64. The summed E-state index contributed by atoms with van der Waals surface area (Å²) in [6.07, 6.45) is 8.11. The van der Waals surface area contributed by atoms with Crippen LogP contribution in [0.3, 0.4) is 0 Å². The molecule has 0 saturated carbocycles. The van der Waals surface area contributed by atoms with E-state index in [-0.39, 0.29) is 5.91 Å². The first-order valence-corrected chi connectivity index (χ1v) is 9.94. The van der Waals surface area contributed by atoms with Gasteiger partial charge < -0.3 is 20.9 Å². The number of nitrogens with zero attached hydrogens (tertiary/aromatic N) is 3. The highest BCUT2D eigenvalue weighted by molar-refractivity contribution is 6.05. The number of nitrogens with two attached hydrogens (primary N) is 1. The average molecular weight is 405 g/mol. The van der Waals surface area contributed by atoms with Crippen molar-refractivity contribution in [2.24, 2.45) is 0 Å². The molecule has 0 spiro atoms. The first kappa shape index (κ1) is 21.1. The molecule has 0 aliphatic rings. The molecule has 156 valence electrons. The molecule has 1 amide bonds. The molecule has 0 bridgehead atoms. The van der Waals surface area contributed by atoms with Crippen LogP contribution in [-0.2, 0) is 13.2 Å². The zero-order valence-corrected chi connectivity index (χ0v) is 17.7. The molecule has 0 saturated heterocycles. The number of rotatable bonds is 8. The number of amides is 1. The number of hydrogen-bond acceptors (Lipinski definition) is 5. The third kappa shape index (κ3) is 4.51. The van der Waals surface area contributed by atoms with Gasteiger partial charge in [0.05, 0.1) is 17.7 Å². The van der Waals surface area contributed by atoms with Gasteiger partial charge in [-0.15, -0.1) is 0 Å². The van der Waals surface area contributed by atoms with Crippen molar-refractivity contribution in [2.75, 3.05) is 5.73 Å². The van der Waals surface area contributed by atoms with Crippen LogP contribution in [0.4, 0.5) is 5.82 Å². The van der Waals surface area contributed by atoms with Crippen molar-refractivity contribution in [3.63, 3.8) is 0 Å². The van der Waals surface area contributed by atoms with E-state index in [1.165, 1.54) is 0 Å². The number of hydrogen-bond donors (Lipinski definition) is 3. The van der Waals surface area contributed by atoms with Crippen molar-refractivity contribution in [3.05, 3.63) is 77.4 Å². The van der Waals surface area contributed by atoms with Gasteiger partial charge in [-0.2, -0.15) is 0 Å². The molecule has 0 fully saturated rings. The van der Waals surface area contributed by atoms with Crippen molar-refractivity contribution in [3.8, 4) is 0 Å². The Hall–Kier alpha value is -3.61. The Morgan fingerprint density at radius 2 is 2.13 bits per heavy atom. The Morgan fingerprint density at radius 1 is 1.33 bits per heavy atom. The minimum absolute atomic E-state index is 0.176. The summed E-state index contributed by atoms with van der Waals surface area (Å²) in [5, 5.41) is 6.38. The number of aromatic nitrogens is 3. The van der Waals surface area contributed by atoms with Crippen LogP contribution in [0, 0.1) is 13.8 Å². The summed E-state index contributed by atoms with van der Waals surface area (Å²) in [5.74, 6) is 0.308. The van der Waals surface area contributed by atoms with Crippen LogP contribution in [0.25, 0.3) is 11.0 Å². The van der Waals surface area contributed by atoms with E-state index in [0.29, 0.717) is 30.1 Å². The lowest BCUT2D eigenvalue weighted by atomic mass is 10.1. The Balaban J connectivity index is 1.83. The van der Waals surface area contributed by atoms with E-state index in [1.807, 2.05) is 48.9 Å². The third-order valence-corrected chi connectivity index (χ3v) is 5.06. The molecule has 3 aromatic rings. The fraction of sp³-hybridized carbons (Fsp3) is 0.261. The molecule has 0 aliphatic carbocycles. The first-order chi connectivity index (χ1) is 14.4. The van der Waals surface area contributed by atoms with E-state index in [9.17, 15) is 4.79 Å².